The second kappa shape index (κ2) is 22.0. The molecule has 34 heavy (non-hydrogen) atoms. The Kier molecular flexibility index (Phi) is 22.4. The summed E-state index contributed by atoms with van der Waals surface area (Å²) < 4.78 is 1.73. The number of rotatable bonds is 5. The first-order valence-electron chi connectivity index (χ1n) is 13.4. The van der Waals surface area contributed by atoms with Gasteiger partial charge in [-0.3, -0.25) is 9.59 Å². The molecule has 0 amide bonds. The molecule has 1 aromatic heterocycles. The number of nitrogens with zero attached hydrogens (tertiary/aromatic N) is 3. The highest BCUT2D eigenvalue weighted by Crippen LogP contribution is 2.41. The first-order valence-corrected chi connectivity index (χ1v) is 13.4. The van der Waals surface area contributed by atoms with Crippen molar-refractivity contribution in [2.45, 2.75) is 111 Å². The molecule has 200 valence electrons. The average Bonchev–Trinajstić information content (AvgIpc) is 3.09. The Morgan fingerprint density at radius 1 is 1.00 bits per heavy atom. The minimum absolute atomic E-state index is 0.318. The standard InChI is InChI=1S/C14H20N2O2.C7H14.C4H11N.C2H6.CH4O/c1-14(6-3-4-7-14)8-5-12-15-13(18)9-11(10-17)16(12)2;1-2-4-6-7-5-3-1;1-4-5(2)3;2*1-2/h9-10H,3-8H2,1-2H3;1-7H2;4H2,1-3H3;1-2H3;2H,1H3. The van der Waals surface area contributed by atoms with Gasteiger partial charge in [0.15, 0.2) is 6.29 Å². The van der Waals surface area contributed by atoms with E-state index >= 15 is 0 Å². The van der Waals surface area contributed by atoms with E-state index in [0.717, 1.165) is 32.3 Å². The van der Waals surface area contributed by atoms with E-state index in [2.05, 4.69) is 37.8 Å². The fraction of sp³-hybridized carbons (Fsp3) is 0.821. The zero-order valence-corrected chi connectivity index (χ0v) is 23.7. The summed E-state index contributed by atoms with van der Waals surface area (Å²) in [4.78, 5) is 28.4. The van der Waals surface area contributed by atoms with Gasteiger partial charge < -0.3 is 14.6 Å². The molecule has 0 radical (unpaired) electrons. The number of hydrogen-bond donors (Lipinski definition) is 1. The summed E-state index contributed by atoms with van der Waals surface area (Å²) in [6, 6.07) is 1.29. The van der Waals surface area contributed by atoms with Gasteiger partial charge in [-0.1, -0.05) is 85.5 Å². The Hall–Kier alpha value is -1.53. The van der Waals surface area contributed by atoms with Crippen molar-refractivity contribution in [3.8, 4) is 0 Å². The first kappa shape index (κ1) is 34.6. The molecule has 6 nitrogen and oxygen atoms in total. The third kappa shape index (κ3) is 16.2. The predicted octanol–water partition coefficient (Wildman–Crippen LogP) is 6.04. The van der Waals surface area contributed by atoms with Crippen LogP contribution in [-0.2, 0) is 13.5 Å². The molecule has 0 bridgehead atoms. The average molecular weight is 482 g/mol. The van der Waals surface area contributed by atoms with Gasteiger partial charge >= 0.3 is 0 Å². The molecule has 0 aliphatic heterocycles. The highest BCUT2D eigenvalue weighted by Gasteiger charge is 2.28. The van der Waals surface area contributed by atoms with Crippen LogP contribution in [0.25, 0.3) is 0 Å². The van der Waals surface area contributed by atoms with Crippen molar-refractivity contribution in [1.29, 1.82) is 0 Å². The van der Waals surface area contributed by atoms with E-state index in [4.69, 9.17) is 5.11 Å². The van der Waals surface area contributed by atoms with E-state index in [9.17, 15) is 9.59 Å². The maximum absolute atomic E-state index is 11.4. The monoisotopic (exact) mass is 481 g/mol. The van der Waals surface area contributed by atoms with Crippen molar-refractivity contribution < 1.29 is 9.90 Å². The Balaban J connectivity index is 0. The van der Waals surface area contributed by atoms with Crippen molar-refractivity contribution in [3.63, 3.8) is 0 Å². The van der Waals surface area contributed by atoms with Gasteiger partial charge in [0.25, 0.3) is 5.56 Å². The largest absolute Gasteiger partial charge is 0.400 e. The molecule has 0 unspecified atom stereocenters. The van der Waals surface area contributed by atoms with Crippen LogP contribution >= 0.6 is 0 Å². The van der Waals surface area contributed by atoms with Crippen molar-refractivity contribution in [1.82, 2.24) is 14.5 Å². The number of aliphatic hydroxyl groups is 1. The van der Waals surface area contributed by atoms with Gasteiger partial charge in [0, 0.05) is 26.6 Å². The quantitative estimate of drug-likeness (QED) is 0.410. The smallest absolute Gasteiger partial charge is 0.273 e. The number of aryl methyl sites for hydroxylation is 1. The normalized spacial score (nSPS) is 16.2. The molecule has 1 heterocycles. The van der Waals surface area contributed by atoms with Crippen LogP contribution in [0.3, 0.4) is 0 Å². The Labute approximate surface area is 210 Å². The fourth-order valence-electron chi connectivity index (χ4n) is 4.07. The molecule has 0 aromatic carbocycles. The van der Waals surface area contributed by atoms with E-state index in [-0.39, 0.29) is 5.56 Å². The second-order valence-corrected chi connectivity index (χ2v) is 9.50. The number of aliphatic hydroxyl groups excluding tert-OH is 1. The SMILES string of the molecule is C1CCCCCC1.CC.CCN(C)C.CO.Cn1c(C=O)cc(=O)nc1CCC1(C)CCCC1. The second-order valence-electron chi connectivity index (χ2n) is 9.50. The molecule has 0 saturated heterocycles. The lowest BCUT2D eigenvalue weighted by atomic mass is 9.84. The summed E-state index contributed by atoms with van der Waals surface area (Å²) in [7, 11) is 6.91. The van der Waals surface area contributed by atoms with Gasteiger partial charge in [-0.25, -0.2) is 0 Å². The summed E-state index contributed by atoms with van der Waals surface area (Å²) in [6.45, 7) is 9.57. The maximum atomic E-state index is 11.4. The van der Waals surface area contributed by atoms with E-state index < -0.39 is 0 Å². The van der Waals surface area contributed by atoms with Crippen LogP contribution in [0, 0.1) is 5.41 Å². The van der Waals surface area contributed by atoms with E-state index in [1.807, 2.05) is 13.8 Å². The zero-order valence-electron chi connectivity index (χ0n) is 23.7. The lowest BCUT2D eigenvalue weighted by molar-refractivity contribution is 0.111. The fourth-order valence-corrected chi connectivity index (χ4v) is 4.07. The molecule has 3 rings (SSSR count). The molecule has 1 N–H and O–H groups in total. The van der Waals surface area contributed by atoms with E-state index in [1.54, 1.807) is 11.6 Å². The molecular weight excluding hydrogens is 426 g/mol. The molecule has 2 fully saturated rings. The number of hydrogen-bond acceptors (Lipinski definition) is 5. The van der Waals surface area contributed by atoms with Crippen LogP contribution in [0.5, 0.6) is 0 Å². The summed E-state index contributed by atoms with van der Waals surface area (Å²) in [5.41, 5.74) is 0.470. The summed E-state index contributed by atoms with van der Waals surface area (Å²) >= 11 is 0. The van der Waals surface area contributed by atoms with Crippen LogP contribution < -0.4 is 5.56 Å². The minimum atomic E-state index is -0.318. The summed E-state index contributed by atoms with van der Waals surface area (Å²) in [6.07, 6.45) is 18.1. The van der Waals surface area contributed by atoms with E-state index in [1.165, 1.54) is 76.7 Å². The molecule has 2 aliphatic rings. The molecular formula is C28H55N3O3. The molecule has 6 heteroatoms. The highest BCUT2D eigenvalue weighted by atomic mass is 16.2. The Morgan fingerprint density at radius 2 is 1.41 bits per heavy atom. The number of carbonyl (C=O) groups excluding carboxylic acids is 1. The summed E-state index contributed by atoms with van der Waals surface area (Å²) in [5.74, 6) is 0.720. The zero-order chi connectivity index (χ0) is 26.4. The van der Waals surface area contributed by atoms with Crippen molar-refractivity contribution in [2.24, 2.45) is 12.5 Å². The van der Waals surface area contributed by atoms with Crippen molar-refractivity contribution in [3.05, 3.63) is 27.9 Å². The first-order chi connectivity index (χ1) is 16.3. The number of carbonyl (C=O) groups is 1. The predicted molar refractivity (Wildman–Crippen MR) is 146 cm³/mol. The van der Waals surface area contributed by atoms with Gasteiger partial charge in [0.2, 0.25) is 0 Å². The van der Waals surface area contributed by atoms with Crippen LogP contribution in [0.2, 0.25) is 0 Å². The minimum Gasteiger partial charge on any atom is -0.400 e. The highest BCUT2D eigenvalue weighted by molar-refractivity contribution is 5.71. The van der Waals surface area contributed by atoms with Gasteiger partial charge in [-0.2, -0.15) is 4.98 Å². The van der Waals surface area contributed by atoms with Gasteiger partial charge in [-0.15, -0.1) is 0 Å². The lowest BCUT2D eigenvalue weighted by Gasteiger charge is -2.23. The van der Waals surface area contributed by atoms with Crippen molar-refractivity contribution in [2.75, 3.05) is 27.7 Å². The van der Waals surface area contributed by atoms with Gasteiger partial charge in [0.05, 0.1) is 5.69 Å². The van der Waals surface area contributed by atoms with Gasteiger partial charge in [0.1, 0.15) is 5.82 Å². The summed E-state index contributed by atoms with van der Waals surface area (Å²) in [5, 5.41) is 7.00. The molecule has 1 aromatic rings. The van der Waals surface area contributed by atoms with Crippen molar-refractivity contribution >= 4 is 6.29 Å². The Morgan fingerprint density at radius 3 is 1.76 bits per heavy atom. The maximum Gasteiger partial charge on any atom is 0.273 e. The molecule has 0 atom stereocenters. The Bertz CT molecular complexity index is 646. The third-order valence-corrected chi connectivity index (χ3v) is 6.55. The van der Waals surface area contributed by atoms with Gasteiger partial charge in [-0.05, 0) is 45.3 Å². The molecule has 2 saturated carbocycles. The third-order valence-electron chi connectivity index (χ3n) is 6.55. The number of aldehydes is 1. The molecule has 0 spiro atoms. The lowest BCUT2D eigenvalue weighted by Crippen LogP contribution is -2.21. The number of aromatic nitrogens is 2. The van der Waals surface area contributed by atoms with E-state index in [0.29, 0.717) is 17.4 Å². The topological polar surface area (TPSA) is 75.4 Å². The van der Waals surface area contributed by atoms with Crippen LogP contribution in [-0.4, -0.2) is 53.6 Å². The van der Waals surface area contributed by atoms with Crippen LogP contribution in [0.4, 0.5) is 0 Å². The van der Waals surface area contributed by atoms with Crippen LogP contribution in [0.1, 0.15) is 121 Å². The van der Waals surface area contributed by atoms with Crippen LogP contribution in [0.15, 0.2) is 10.9 Å². The molecule has 2 aliphatic carbocycles.